The van der Waals surface area contributed by atoms with Gasteiger partial charge in [-0.05, 0) is 57.6 Å². The Morgan fingerprint density at radius 1 is 1.29 bits per heavy atom. The monoisotopic (exact) mass is 289 g/mol. The molecule has 0 spiro atoms. The van der Waals surface area contributed by atoms with Gasteiger partial charge in [-0.1, -0.05) is 31.2 Å². The molecule has 0 saturated carbocycles. The Bertz CT molecular complexity index is 419. The van der Waals surface area contributed by atoms with Gasteiger partial charge in [0.05, 0.1) is 0 Å². The Morgan fingerprint density at radius 2 is 2.05 bits per heavy atom. The number of nitrogens with one attached hydrogen (secondary N) is 1. The molecule has 1 heterocycles. The van der Waals surface area contributed by atoms with Crippen LogP contribution in [0, 0.1) is 0 Å². The fourth-order valence-electron chi connectivity index (χ4n) is 3.21. The van der Waals surface area contributed by atoms with Crippen molar-refractivity contribution in [3.05, 3.63) is 35.4 Å². The van der Waals surface area contributed by atoms with Crippen molar-refractivity contribution in [3.8, 4) is 0 Å². The molecule has 1 atom stereocenters. The van der Waals surface area contributed by atoms with Gasteiger partial charge in [-0.15, -0.1) is 0 Å². The molecule has 1 aromatic rings. The first-order chi connectivity index (χ1) is 10.2. The average molecular weight is 289 g/mol. The van der Waals surface area contributed by atoms with Crippen molar-refractivity contribution in [3.63, 3.8) is 0 Å². The van der Waals surface area contributed by atoms with E-state index in [1.165, 1.54) is 43.5 Å². The Hall–Kier alpha value is -0.900. The van der Waals surface area contributed by atoms with Crippen LogP contribution in [0.4, 0.5) is 0 Å². The minimum Gasteiger partial charge on any atom is -0.313 e. The zero-order chi connectivity index (χ0) is 15.1. The molecule has 0 bridgehead atoms. The zero-order valence-electron chi connectivity index (χ0n) is 13.9. The van der Waals surface area contributed by atoms with Crippen LogP contribution in [0.15, 0.2) is 24.3 Å². The lowest BCUT2D eigenvalue weighted by atomic mass is 10.1. The maximum Gasteiger partial charge on any atom is 0.0234 e. The van der Waals surface area contributed by atoms with Gasteiger partial charge in [-0.3, -0.25) is 0 Å². The second kappa shape index (κ2) is 8.52. The van der Waals surface area contributed by atoms with Crippen molar-refractivity contribution in [1.29, 1.82) is 0 Å². The first-order valence-electron chi connectivity index (χ1n) is 8.37. The van der Waals surface area contributed by atoms with Crippen molar-refractivity contribution < 1.29 is 0 Å². The van der Waals surface area contributed by atoms with E-state index in [9.17, 15) is 0 Å². The molecule has 2 rings (SSSR count). The van der Waals surface area contributed by atoms with Crippen molar-refractivity contribution >= 4 is 0 Å². The van der Waals surface area contributed by atoms with Gasteiger partial charge in [0.25, 0.3) is 0 Å². The highest BCUT2D eigenvalue weighted by molar-refractivity contribution is 5.27. The summed E-state index contributed by atoms with van der Waals surface area (Å²) in [7, 11) is 4.51. The minimum absolute atomic E-state index is 0.736. The third kappa shape index (κ3) is 5.10. The summed E-state index contributed by atoms with van der Waals surface area (Å²) < 4.78 is 0. The summed E-state index contributed by atoms with van der Waals surface area (Å²) in [5, 5.41) is 3.52. The summed E-state index contributed by atoms with van der Waals surface area (Å²) in [5.41, 5.74) is 2.90. The summed E-state index contributed by atoms with van der Waals surface area (Å²) in [4.78, 5) is 4.98. The highest BCUT2D eigenvalue weighted by atomic mass is 15.2. The quantitative estimate of drug-likeness (QED) is 0.742. The Balaban J connectivity index is 1.88. The molecule has 1 fully saturated rings. The molecule has 0 aliphatic carbocycles. The van der Waals surface area contributed by atoms with Gasteiger partial charge in [0, 0.05) is 25.7 Å². The van der Waals surface area contributed by atoms with E-state index in [-0.39, 0.29) is 0 Å². The predicted molar refractivity (Wildman–Crippen MR) is 90.4 cm³/mol. The Labute approximate surface area is 130 Å². The zero-order valence-corrected chi connectivity index (χ0v) is 13.9. The van der Waals surface area contributed by atoms with E-state index in [1.54, 1.807) is 0 Å². The van der Waals surface area contributed by atoms with Crippen LogP contribution < -0.4 is 5.32 Å². The van der Waals surface area contributed by atoms with Crippen molar-refractivity contribution in [2.75, 3.05) is 33.7 Å². The number of hydrogen-bond donors (Lipinski definition) is 1. The summed E-state index contributed by atoms with van der Waals surface area (Å²) >= 11 is 0. The maximum atomic E-state index is 3.52. The highest BCUT2D eigenvalue weighted by Gasteiger charge is 2.22. The molecular weight excluding hydrogens is 258 g/mol. The number of benzene rings is 1. The van der Waals surface area contributed by atoms with Crippen molar-refractivity contribution in [2.45, 2.75) is 45.3 Å². The number of rotatable bonds is 8. The molecule has 1 saturated heterocycles. The van der Waals surface area contributed by atoms with Crippen molar-refractivity contribution in [1.82, 2.24) is 15.1 Å². The van der Waals surface area contributed by atoms with Crippen LogP contribution in [0.2, 0.25) is 0 Å². The molecule has 1 unspecified atom stereocenters. The third-order valence-corrected chi connectivity index (χ3v) is 4.49. The van der Waals surface area contributed by atoms with E-state index >= 15 is 0 Å². The highest BCUT2D eigenvalue weighted by Crippen LogP contribution is 2.17. The first-order valence-corrected chi connectivity index (χ1v) is 8.37. The molecule has 1 aromatic carbocycles. The van der Waals surface area contributed by atoms with Gasteiger partial charge in [0.15, 0.2) is 0 Å². The molecule has 0 aromatic heterocycles. The summed E-state index contributed by atoms with van der Waals surface area (Å²) in [6, 6.07) is 9.58. The first kappa shape index (κ1) is 16.5. The smallest absolute Gasteiger partial charge is 0.0234 e. The Morgan fingerprint density at radius 3 is 2.71 bits per heavy atom. The van der Waals surface area contributed by atoms with Crippen LogP contribution in [0.3, 0.4) is 0 Å². The molecule has 1 N–H and O–H groups in total. The number of nitrogens with zero attached hydrogens (tertiary/aromatic N) is 2. The standard InChI is InChI=1S/C18H31N3/c1-4-11-19-13-16-8-5-6-9-17(16)14-20(2)15-18-10-7-12-21(18)3/h5-6,8-9,18-19H,4,7,10-15H2,1-3H3. The van der Waals surface area contributed by atoms with Crippen LogP contribution in [-0.2, 0) is 13.1 Å². The van der Waals surface area contributed by atoms with E-state index in [0.717, 1.165) is 25.7 Å². The topological polar surface area (TPSA) is 18.5 Å². The molecule has 1 aliphatic rings. The van der Waals surface area contributed by atoms with E-state index in [1.807, 2.05) is 0 Å². The Kier molecular flexibility index (Phi) is 6.68. The third-order valence-electron chi connectivity index (χ3n) is 4.49. The van der Waals surface area contributed by atoms with E-state index in [0.29, 0.717) is 0 Å². The number of likely N-dealkylation sites (N-methyl/N-ethyl adjacent to an activating group) is 2. The van der Waals surface area contributed by atoms with Gasteiger partial charge < -0.3 is 15.1 Å². The fraction of sp³-hybridized carbons (Fsp3) is 0.667. The lowest BCUT2D eigenvalue weighted by Crippen LogP contribution is -2.36. The largest absolute Gasteiger partial charge is 0.313 e. The van der Waals surface area contributed by atoms with E-state index < -0.39 is 0 Å². The SMILES string of the molecule is CCCNCc1ccccc1CN(C)CC1CCCN1C. The van der Waals surface area contributed by atoms with Gasteiger partial charge in [-0.25, -0.2) is 0 Å². The average Bonchev–Trinajstić information content (AvgIpc) is 2.86. The summed E-state index contributed by atoms with van der Waals surface area (Å²) in [5.74, 6) is 0. The molecule has 0 amide bonds. The van der Waals surface area contributed by atoms with Crippen LogP contribution in [-0.4, -0.2) is 49.6 Å². The fourth-order valence-corrected chi connectivity index (χ4v) is 3.21. The van der Waals surface area contributed by atoms with E-state index in [4.69, 9.17) is 0 Å². The second-order valence-electron chi connectivity index (χ2n) is 6.42. The molecule has 3 heteroatoms. The summed E-state index contributed by atoms with van der Waals surface area (Å²) in [6.45, 7) is 7.78. The molecule has 118 valence electrons. The van der Waals surface area contributed by atoms with Crippen LogP contribution in [0.25, 0.3) is 0 Å². The molecule has 1 aliphatic heterocycles. The molecule has 21 heavy (non-hydrogen) atoms. The predicted octanol–water partition coefficient (Wildman–Crippen LogP) is 2.71. The van der Waals surface area contributed by atoms with Crippen LogP contribution in [0.5, 0.6) is 0 Å². The second-order valence-corrected chi connectivity index (χ2v) is 6.42. The van der Waals surface area contributed by atoms with Crippen LogP contribution >= 0.6 is 0 Å². The lowest BCUT2D eigenvalue weighted by molar-refractivity contribution is 0.215. The molecule has 0 radical (unpaired) electrons. The molecular formula is C18H31N3. The molecule has 3 nitrogen and oxygen atoms in total. The van der Waals surface area contributed by atoms with Gasteiger partial charge >= 0.3 is 0 Å². The normalized spacial score (nSPS) is 19.5. The summed E-state index contributed by atoms with van der Waals surface area (Å²) in [6.07, 6.45) is 3.89. The number of hydrogen-bond acceptors (Lipinski definition) is 3. The van der Waals surface area contributed by atoms with Gasteiger partial charge in [0.1, 0.15) is 0 Å². The van der Waals surface area contributed by atoms with Crippen molar-refractivity contribution in [2.24, 2.45) is 0 Å². The maximum absolute atomic E-state index is 3.52. The van der Waals surface area contributed by atoms with Gasteiger partial charge in [0.2, 0.25) is 0 Å². The minimum atomic E-state index is 0.736. The van der Waals surface area contributed by atoms with E-state index in [2.05, 4.69) is 60.4 Å². The van der Waals surface area contributed by atoms with Crippen LogP contribution in [0.1, 0.15) is 37.3 Å². The number of likely N-dealkylation sites (tertiary alicyclic amines) is 1. The van der Waals surface area contributed by atoms with Gasteiger partial charge in [-0.2, -0.15) is 0 Å². The lowest BCUT2D eigenvalue weighted by Gasteiger charge is -2.26.